The van der Waals surface area contributed by atoms with Crippen molar-refractivity contribution in [3.05, 3.63) is 35.4 Å². The van der Waals surface area contributed by atoms with Crippen molar-refractivity contribution in [2.24, 2.45) is 5.41 Å². The van der Waals surface area contributed by atoms with Crippen molar-refractivity contribution in [1.29, 1.82) is 0 Å². The second-order valence-corrected chi connectivity index (χ2v) is 4.48. The van der Waals surface area contributed by atoms with Crippen LogP contribution in [-0.2, 0) is 25.5 Å². The minimum absolute atomic E-state index is 0.258. The maximum atomic E-state index is 11.8. The summed E-state index contributed by atoms with van der Waals surface area (Å²) < 4.78 is 9.40. The Morgan fingerprint density at radius 3 is 2.17 bits per heavy atom. The van der Waals surface area contributed by atoms with Gasteiger partial charge in [-0.25, -0.2) is 0 Å². The van der Waals surface area contributed by atoms with Gasteiger partial charge in [-0.05, 0) is 25.8 Å². The van der Waals surface area contributed by atoms with E-state index in [4.69, 9.17) is 9.47 Å². The van der Waals surface area contributed by atoms with E-state index in [2.05, 4.69) is 0 Å². The average Bonchev–Trinajstić information content (AvgIpc) is 2.36. The molecule has 1 aromatic rings. The van der Waals surface area contributed by atoms with Crippen LogP contribution < -0.4 is 0 Å². The van der Waals surface area contributed by atoms with E-state index in [1.165, 1.54) is 21.1 Å². The highest BCUT2D eigenvalue weighted by molar-refractivity contribution is 5.99. The van der Waals surface area contributed by atoms with Gasteiger partial charge in [0.2, 0.25) is 0 Å². The topological polar surface area (TPSA) is 52.6 Å². The maximum absolute atomic E-state index is 11.8. The molecule has 0 spiro atoms. The van der Waals surface area contributed by atoms with Gasteiger partial charge in [0.1, 0.15) is 0 Å². The molecule has 0 heterocycles. The number of rotatable bonds is 4. The molecule has 98 valence electrons. The van der Waals surface area contributed by atoms with E-state index in [1.807, 2.05) is 31.2 Å². The Morgan fingerprint density at radius 2 is 1.72 bits per heavy atom. The van der Waals surface area contributed by atoms with Crippen LogP contribution in [0.5, 0.6) is 0 Å². The van der Waals surface area contributed by atoms with Gasteiger partial charge < -0.3 is 9.47 Å². The third-order valence-corrected chi connectivity index (χ3v) is 2.91. The Labute approximate surface area is 107 Å². The molecule has 4 nitrogen and oxygen atoms in total. The molecule has 0 unspecified atom stereocenters. The largest absolute Gasteiger partial charge is 0.468 e. The second kappa shape index (κ2) is 5.67. The third-order valence-electron chi connectivity index (χ3n) is 2.91. The zero-order chi connectivity index (χ0) is 13.8. The number of hydrogen-bond donors (Lipinski definition) is 0. The summed E-state index contributed by atoms with van der Waals surface area (Å²) in [4.78, 5) is 23.6. The first-order chi connectivity index (χ1) is 8.43. The predicted octanol–water partition coefficient (Wildman–Crippen LogP) is 1.89. The second-order valence-electron chi connectivity index (χ2n) is 4.48. The van der Waals surface area contributed by atoms with Crippen molar-refractivity contribution in [1.82, 2.24) is 0 Å². The summed E-state index contributed by atoms with van der Waals surface area (Å²) in [5, 5.41) is 0. The lowest BCUT2D eigenvalue weighted by Gasteiger charge is -2.23. The highest BCUT2D eigenvalue weighted by atomic mass is 16.5. The van der Waals surface area contributed by atoms with Gasteiger partial charge in [0, 0.05) is 0 Å². The Bertz CT molecular complexity index is 435. The van der Waals surface area contributed by atoms with E-state index in [-0.39, 0.29) is 6.42 Å². The molecule has 0 aliphatic carbocycles. The molecule has 1 rings (SSSR count). The summed E-state index contributed by atoms with van der Waals surface area (Å²) in [6.45, 7) is 3.49. The quantitative estimate of drug-likeness (QED) is 0.605. The van der Waals surface area contributed by atoms with Crippen LogP contribution in [0.15, 0.2) is 24.3 Å². The number of carbonyl (C=O) groups excluding carboxylic acids is 2. The van der Waals surface area contributed by atoms with Gasteiger partial charge >= 0.3 is 11.9 Å². The number of carbonyl (C=O) groups is 2. The fourth-order valence-electron chi connectivity index (χ4n) is 1.91. The normalized spacial score (nSPS) is 10.9. The Kier molecular flexibility index (Phi) is 4.48. The summed E-state index contributed by atoms with van der Waals surface area (Å²) in [6.07, 6.45) is 0.258. The van der Waals surface area contributed by atoms with Gasteiger partial charge in [-0.1, -0.05) is 29.8 Å². The number of hydrogen-bond acceptors (Lipinski definition) is 4. The zero-order valence-corrected chi connectivity index (χ0v) is 11.1. The van der Waals surface area contributed by atoms with Gasteiger partial charge in [0.05, 0.1) is 14.2 Å². The van der Waals surface area contributed by atoms with E-state index in [0.717, 1.165) is 11.1 Å². The van der Waals surface area contributed by atoms with E-state index < -0.39 is 17.4 Å². The Morgan fingerprint density at radius 1 is 1.17 bits per heavy atom. The van der Waals surface area contributed by atoms with Crippen molar-refractivity contribution in [2.75, 3.05) is 14.2 Å². The standard InChI is InChI=1S/C14H18O4/c1-10-6-5-7-11(8-10)9-14(2,12(15)17-3)13(16)18-4/h5-8H,9H2,1-4H3. The summed E-state index contributed by atoms with van der Waals surface area (Å²) in [5.74, 6) is -1.17. The van der Waals surface area contributed by atoms with Crippen LogP contribution in [-0.4, -0.2) is 26.2 Å². The van der Waals surface area contributed by atoms with Crippen LogP contribution >= 0.6 is 0 Å². The summed E-state index contributed by atoms with van der Waals surface area (Å²) in [7, 11) is 2.53. The van der Waals surface area contributed by atoms with Crippen LogP contribution in [0.3, 0.4) is 0 Å². The molecular weight excluding hydrogens is 232 g/mol. The molecule has 0 N–H and O–H groups in total. The molecule has 0 aliphatic heterocycles. The van der Waals surface area contributed by atoms with Crippen LogP contribution in [0.25, 0.3) is 0 Å². The fourth-order valence-corrected chi connectivity index (χ4v) is 1.91. The molecule has 0 radical (unpaired) electrons. The molecular formula is C14H18O4. The summed E-state index contributed by atoms with van der Waals surface area (Å²) in [6, 6.07) is 7.65. The van der Waals surface area contributed by atoms with Gasteiger partial charge in [-0.2, -0.15) is 0 Å². The highest BCUT2D eigenvalue weighted by Crippen LogP contribution is 2.26. The van der Waals surface area contributed by atoms with Crippen LogP contribution in [0.2, 0.25) is 0 Å². The smallest absolute Gasteiger partial charge is 0.323 e. The molecule has 0 atom stereocenters. The number of benzene rings is 1. The lowest BCUT2D eigenvalue weighted by molar-refractivity contribution is -0.167. The van der Waals surface area contributed by atoms with Crippen LogP contribution in [0.1, 0.15) is 18.1 Å². The minimum Gasteiger partial charge on any atom is -0.468 e. The molecule has 0 amide bonds. The van der Waals surface area contributed by atoms with Gasteiger partial charge in [0.15, 0.2) is 5.41 Å². The van der Waals surface area contributed by atoms with Crippen LogP contribution in [0, 0.1) is 12.3 Å². The van der Waals surface area contributed by atoms with Gasteiger partial charge in [-0.15, -0.1) is 0 Å². The lowest BCUT2D eigenvalue weighted by atomic mass is 9.83. The lowest BCUT2D eigenvalue weighted by Crippen LogP contribution is -2.40. The van der Waals surface area contributed by atoms with Crippen molar-refractivity contribution >= 4 is 11.9 Å². The number of esters is 2. The van der Waals surface area contributed by atoms with E-state index in [1.54, 1.807) is 0 Å². The van der Waals surface area contributed by atoms with E-state index >= 15 is 0 Å². The highest BCUT2D eigenvalue weighted by Gasteiger charge is 2.43. The third kappa shape index (κ3) is 2.88. The van der Waals surface area contributed by atoms with Gasteiger partial charge in [-0.3, -0.25) is 9.59 Å². The predicted molar refractivity (Wildman–Crippen MR) is 67.0 cm³/mol. The first kappa shape index (κ1) is 14.2. The molecule has 18 heavy (non-hydrogen) atoms. The number of aryl methyl sites for hydroxylation is 1. The van der Waals surface area contributed by atoms with Crippen molar-refractivity contribution in [3.8, 4) is 0 Å². The first-order valence-corrected chi connectivity index (χ1v) is 5.66. The van der Waals surface area contributed by atoms with Crippen molar-refractivity contribution in [2.45, 2.75) is 20.3 Å². The maximum Gasteiger partial charge on any atom is 0.323 e. The molecule has 0 aliphatic rings. The molecule has 0 aromatic heterocycles. The summed E-state index contributed by atoms with van der Waals surface area (Å²) >= 11 is 0. The molecule has 0 bridgehead atoms. The van der Waals surface area contributed by atoms with E-state index in [0.29, 0.717) is 0 Å². The number of methoxy groups -OCH3 is 2. The summed E-state index contributed by atoms with van der Waals surface area (Å²) in [5.41, 5.74) is 0.662. The molecule has 1 aromatic carbocycles. The number of ether oxygens (including phenoxy) is 2. The Hall–Kier alpha value is -1.84. The van der Waals surface area contributed by atoms with E-state index in [9.17, 15) is 9.59 Å². The average molecular weight is 250 g/mol. The monoisotopic (exact) mass is 250 g/mol. The Balaban J connectivity index is 3.06. The van der Waals surface area contributed by atoms with Gasteiger partial charge in [0.25, 0.3) is 0 Å². The molecule has 0 saturated heterocycles. The van der Waals surface area contributed by atoms with Crippen molar-refractivity contribution < 1.29 is 19.1 Å². The minimum atomic E-state index is -1.31. The zero-order valence-electron chi connectivity index (χ0n) is 11.1. The molecule has 0 saturated carbocycles. The van der Waals surface area contributed by atoms with Crippen LogP contribution in [0.4, 0.5) is 0 Å². The fraction of sp³-hybridized carbons (Fsp3) is 0.429. The SMILES string of the molecule is COC(=O)C(C)(Cc1cccc(C)c1)C(=O)OC. The molecule has 4 heteroatoms. The first-order valence-electron chi connectivity index (χ1n) is 5.66. The van der Waals surface area contributed by atoms with Crippen molar-refractivity contribution in [3.63, 3.8) is 0 Å². The molecule has 0 fully saturated rings.